The van der Waals surface area contributed by atoms with Crippen LogP contribution in [0, 0.1) is 0 Å². The Hall–Kier alpha value is -2.47. The van der Waals surface area contributed by atoms with Gasteiger partial charge < -0.3 is 15.7 Å². The smallest absolute Gasteiger partial charge is 0.319 e. The lowest BCUT2D eigenvalue weighted by atomic mass is 10.0. The van der Waals surface area contributed by atoms with Gasteiger partial charge in [0.05, 0.1) is 0 Å². The van der Waals surface area contributed by atoms with Gasteiger partial charge in [-0.15, -0.1) is 11.8 Å². The van der Waals surface area contributed by atoms with E-state index >= 15 is 0 Å². The summed E-state index contributed by atoms with van der Waals surface area (Å²) >= 11 is 1.60. The van der Waals surface area contributed by atoms with E-state index in [0.29, 0.717) is 18.5 Å². The molecule has 0 radical (unpaired) electrons. The van der Waals surface area contributed by atoms with Crippen LogP contribution in [0.2, 0.25) is 0 Å². The van der Waals surface area contributed by atoms with E-state index in [4.69, 9.17) is 5.11 Å². The van der Waals surface area contributed by atoms with Crippen molar-refractivity contribution in [2.45, 2.75) is 30.2 Å². The van der Waals surface area contributed by atoms with Crippen LogP contribution in [-0.4, -0.2) is 29.4 Å². The molecule has 0 aliphatic carbocycles. The molecule has 0 heterocycles. The number of carboxylic acid groups (broad SMARTS) is 1. The number of rotatable bonds is 8. The Morgan fingerprint density at radius 2 is 1.88 bits per heavy atom. The Balaban J connectivity index is 1.98. The fourth-order valence-corrected chi connectivity index (χ4v) is 2.93. The number of benzene rings is 2. The summed E-state index contributed by atoms with van der Waals surface area (Å²) in [7, 11) is 0. The zero-order valence-electron chi connectivity index (χ0n) is 14.1. The maximum absolute atomic E-state index is 12.3. The Morgan fingerprint density at radius 3 is 2.56 bits per heavy atom. The van der Waals surface area contributed by atoms with E-state index in [1.54, 1.807) is 11.8 Å². The molecule has 2 amide bonds. The van der Waals surface area contributed by atoms with Crippen LogP contribution in [0.15, 0.2) is 59.5 Å². The van der Waals surface area contributed by atoms with Gasteiger partial charge in [0, 0.05) is 23.0 Å². The van der Waals surface area contributed by atoms with Crippen LogP contribution in [0.4, 0.5) is 10.5 Å². The third-order valence-electron chi connectivity index (χ3n) is 3.69. The largest absolute Gasteiger partial charge is 0.481 e. The van der Waals surface area contributed by atoms with Gasteiger partial charge in [0.2, 0.25) is 0 Å². The first-order valence-corrected chi connectivity index (χ1v) is 9.26. The van der Waals surface area contributed by atoms with Gasteiger partial charge in [0.25, 0.3) is 0 Å². The Labute approximate surface area is 151 Å². The number of carbonyl (C=O) groups excluding carboxylic acids is 1. The monoisotopic (exact) mass is 358 g/mol. The minimum absolute atomic E-state index is 0.0136. The number of amides is 2. The molecule has 0 spiro atoms. The van der Waals surface area contributed by atoms with Crippen LogP contribution in [-0.2, 0) is 11.2 Å². The number of urea groups is 1. The molecule has 0 fully saturated rings. The zero-order chi connectivity index (χ0) is 18.1. The highest BCUT2D eigenvalue weighted by atomic mass is 32.2. The van der Waals surface area contributed by atoms with Crippen molar-refractivity contribution in [2.75, 3.05) is 11.6 Å². The SMILES string of the molecule is CSc1cccc(NC(=O)NC(CCC(=O)O)Cc2ccccc2)c1. The molecule has 2 rings (SSSR count). The number of nitrogens with one attached hydrogen (secondary N) is 2. The molecule has 1 atom stereocenters. The van der Waals surface area contributed by atoms with Gasteiger partial charge in [-0.1, -0.05) is 36.4 Å². The first-order valence-electron chi connectivity index (χ1n) is 8.04. The molecule has 2 aromatic rings. The second-order valence-electron chi connectivity index (χ2n) is 5.65. The summed E-state index contributed by atoms with van der Waals surface area (Å²) in [6, 6.07) is 16.7. The van der Waals surface area contributed by atoms with Crippen molar-refractivity contribution in [1.29, 1.82) is 0 Å². The molecule has 0 aliphatic rings. The fraction of sp³-hybridized carbons (Fsp3) is 0.263. The lowest BCUT2D eigenvalue weighted by molar-refractivity contribution is -0.137. The summed E-state index contributed by atoms with van der Waals surface area (Å²) < 4.78 is 0. The number of hydrogen-bond donors (Lipinski definition) is 3. The van der Waals surface area contributed by atoms with Gasteiger partial charge in [0.15, 0.2) is 0 Å². The summed E-state index contributed by atoms with van der Waals surface area (Å²) in [6.45, 7) is 0. The molecule has 1 unspecified atom stereocenters. The number of thioether (sulfide) groups is 1. The number of anilines is 1. The highest BCUT2D eigenvalue weighted by Crippen LogP contribution is 2.19. The van der Waals surface area contributed by atoms with Crippen LogP contribution in [0.25, 0.3) is 0 Å². The van der Waals surface area contributed by atoms with Gasteiger partial charge >= 0.3 is 12.0 Å². The molecule has 0 saturated carbocycles. The van der Waals surface area contributed by atoms with Crippen LogP contribution in [0.5, 0.6) is 0 Å². The summed E-state index contributed by atoms with van der Waals surface area (Å²) in [4.78, 5) is 24.2. The molecule has 2 aromatic carbocycles. The predicted molar refractivity (Wildman–Crippen MR) is 101 cm³/mol. The lowest BCUT2D eigenvalue weighted by Gasteiger charge is -2.19. The van der Waals surface area contributed by atoms with E-state index in [2.05, 4.69) is 10.6 Å². The second kappa shape index (κ2) is 9.74. The van der Waals surface area contributed by atoms with E-state index < -0.39 is 5.97 Å². The highest BCUT2D eigenvalue weighted by molar-refractivity contribution is 7.98. The average Bonchev–Trinajstić information content (AvgIpc) is 2.60. The molecule has 132 valence electrons. The number of aliphatic carboxylic acids is 1. The van der Waals surface area contributed by atoms with Crippen molar-refractivity contribution in [3.63, 3.8) is 0 Å². The molecule has 5 nitrogen and oxygen atoms in total. The summed E-state index contributed by atoms with van der Waals surface area (Å²) in [5, 5.41) is 14.6. The van der Waals surface area contributed by atoms with Crippen LogP contribution in [0.1, 0.15) is 18.4 Å². The van der Waals surface area contributed by atoms with Crippen LogP contribution in [0.3, 0.4) is 0 Å². The molecular formula is C19H22N2O3S. The maximum Gasteiger partial charge on any atom is 0.319 e. The summed E-state index contributed by atoms with van der Waals surface area (Å²) in [5.74, 6) is -0.868. The number of carbonyl (C=O) groups is 2. The van der Waals surface area contributed by atoms with Gasteiger partial charge in [-0.3, -0.25) is 4.79 Å². The van der Waals surface area contributed by atoms with Gasteiger partial charge in [0.1, 0.15) is 0 Å². The Bertz CT molecular complexity index is 707. The molecule has 6 heteroatoms. The quantitative estimate of drug-likeness (QED) is 0.623. The lowest BCUT2D eigenvalue weighted by Crippen LogP contribution is -2.39. The first kappa shape index (κ1) is 18.9. The molecule has 0 bridgehead atoms. The average molecular weight is 358 g/mol. The standard InChI is InChI=1S/C19H22N2O3S/c1-25-17-9-5-8-15(13-17)20-19(24)21-16(10-11-18(22)23)12-14-6-3-2-4-7-14/h2-9,13,16H,10-12H2,1H3,(H,22,23)(H2,20,21,24). The zero-order valence-corrected chi connectivity index (χ0v) is 14.9. The minimum atomic E-state index is -0.868. The Kier molecular flexibility index (Phi) is 7.35. The molecular weight excluding hydrogens is 336 g/mol. The number of hydrogen-bond acceptors (Lipinski definition) is 3. The molecule has 25 heavy (non-hydrogen) atoms. The van der Waals surface area contributed by atoms with Crippen LogP contribution >= 0.6 is 11.8 Å². The fourth-order valence-electron chi connectivity index (χ4n) is 2.47. The van der Waals surface area contributed by atoms with Crippen molar-refractivity contribution < 1.29 is 14.7 Å². The molecule has 0 aliphatic heterocycles. The predicted octanol–water partition coefficient (Wildman–Crippen LogP) is 4.01. The van der Waals surface area contributed by atoms with E-state index in [1.165, 1.54) is 0 Å². The van der Waals surface area contributed by atoms with E-state index in [-0.39, 0.29) is 18.5 Å². The molecule has 3 N–H and O–H groups in total. The maximum atomic E-state index is 12.3. The van der Waals surface area contributed by atoms with Crippen molar-refractivity contribution in [1.82, 2.24) is 5.32 Å². The normalized spacial score (nSPS) is 11.6. The van der Waals surface area contributed by atoms with Gasteiger partial charge in [-0.2, -0.15) is 0 Å². The first-order chi connectivity index (χ1) is 12.1. The minimum Gasteiger partial charge on any atom is -0.481 e. The third-order valence-corrected chi connectivity index (χ3v) is 4.42. The van der Waals surface area contributed by atoms with Gasteiger partial charge in [-0.25, -0.2) is 4.79 Å². The van der Waals surface area contributed by atoms with E-state index in [1.807, 2.05) is 60.9 Å². The highest BCUT2D eigenvalue weighted by Gasteiger charge is 2.15. The summed E-state index contributed by atoms with van der Waals surface area (Å²) in [5.41, 5.74) is 1.77. The molecule has 0 saturated heterocycles. The second-order valence-corrected chi connectivity index (χ2v) is 6.53. The van der Waals surface area contributed by atoms with Crippen LogP contribution < -0.4 is 10.6 Å². The topological polar surface area (TPSA) is 78.4 Å². The van der Waals surface area contributed by atoms with Crippen molar-refractivity contribution in [3.05, 3.63) is 60.2 Å². The molecule has 0 aromatic heterocycles. The van der Waals surface area contributed by atoms with E-state index in [0.717, 1.165) is 10.5 Å². The number of carboxylic acids is 1. The van der Waals surface area contributed by atoms with Crippen molar-refractivity contribution >= 4 is 29.4 Å². The van der Waals surface area contributed by atoms with Crippen molar-refractivity contribution in [2.24, 2.45) is 0 Å². The van der Waals surface area contributed by atoms with E-state index in [9.17, 15) is 9.59 Å². The van der Waals surface area contributed by atoms with Crippen molar-refractivity contribution in [3.8, 4) is 0 Å². The van der Waals surface area contributed by atoms with Gasteiger partial charge in [-0.05, 0) is 42.9 Å². The Morgan fingerprint density at radius 1 is 1.12 bits per heavy atom. The third kappa shape index (κ3) is 6.89. The summed E-state index contributed by atoms with van der Waals surface area (Å²) in [6.07, 6.45) is 2.95.